The molecule has 19 heavy (non-hydrogen) atoms. The zero-order valence-corrected chi connectivity index (χ0v) is 12.8. The van der Waals surface area contributed by atoms with Gasteiger partial charge in [-0.25, -0.2) is 4.98 Å². The van der Waals surface area contributed by atoms with E-state index in [0.717, 1.165) is 5.52 Å². The van der Waals surface area contributed by atoms with E-state index in [2.05, 4.69) is 20.9 Å². The van der Waals surface area contributed by atoms with Gasteiger partial charge >= 0.3 is 0 Å². The van der Waals surface area contributed by atoms with Gasteiger partial charge in [-0.2, -0.15) is 0 Å². The standard InChI is InChI=1S/C11H11BrCl2N2O3/c12-11-15-10-8(2-1-7(13)9(10)14)16(11)5-19-6(3-17)4-18/h1-2,6,17-18H,3-5H2. The van der Waals surface area contributed by atoms with Crippen LogP contribution in [0.15, 0.2) is 16.9 Å². The molecule has 2 aromatic rings. The van der Waals surface area contributed by atoms with Crippen molar-refractivity contribution in [2.24, 2.45) is 0 Å². The van der Waals surface area contributed by atoms with Crippen molar-refractivity contribution in [1.82, 2.24) is 9.55 Å². The number of hydrogen-bond donors (Lipinski definition) is 2. The second-order valence-electron chi connectivity index (χ2n) is 3.82. The molecule has 0 saturated heterocycles. The van der Waals surface area contributed by atoms with E-state index in [1.54, 1.807) is 16.7 Å². The molecule has 0 radical (unpaired) electrons. The number of fused-ring (bicyclic) bond motifs is 1. The third-order valence-corrected chi connectivity index (χ3v) is 4.01. The maximum absolute atomic E-state index is 8.96. The predicted molar refractivity (Wildman–Crippen MR) is 76.5 cm³/mol. The van der Waals surface area contributed by atoms with Gasteiger partial charge in [0.25, 0.3) is 0 Å². The summed E-state index contributed by atoms with van der Waals surface area (Å²) in [6.07, 6.45) is -0.632. The molecule has 0 bridgehead atoms. The van der Waals surface area contributed by atoms with Crippen molar-refractivity contribution in [1.29, 1.82) is 0 Å². The normalized spacial score (nSPS) is 11.7. The van der Waals surface area contributed by atoms with Gasteiger partial charge in [0.05, 0.1) is 28.8 Å². The van der Waals surface area contributed by atoms with Crippen LogP contribution in [0.2, 0.25) is 10.0 Å². The Kier molecular flexibility index (Phi) is 5.05. The van der Waals surface area contributed by atoms with Crippen LogP contribution in [0, 0.1) is 0 Å². The summed E-state index contributed by atoms with van der Waals surface area (Å²) in [5, 5.41) is 18.7. The minimum atomic E-state index is -0.632. The molecule has 1 heterocycles. The lowest BCUT2D eigenvalue weighted by molar-refractivity contribution is -0.0493. The van der Waals surface area contributed by atoms with Gasteiger partial charge in [-0.15, -0.1) is 0 Å². The van der Waals surface area contributed by atoms with Crippen LogP contribution in [-0.4, -0.2) is 39.1 Å². The highest BCUT2D eigenvalue weighted by atomic mass is 79.9. The molecule has 2 N–H and O–H groups in total. The SMILES string of the molecule is OCC(CO)OCn1c(Br)nc2c(Cl)c(Cl)ccc21. The summed E-state index contributed by atoms with van der Waals surface area (Å²) >= 11 is 15.3. The third kappa shape index (κ3) is 3.04. The Morgan fingerprint density at radius 3 is 2.63 bits per heavy atom. The van der Waals surface area contributed by atoms with E-state index in [1.165, 1.54) is 0 Å². The molecule has 1 aromatic heterocycles. The minimum Gasteiger partial charge on any atom is -0.394 e. The first-order chi connectivity index (χ1) is 9.08. The zero-order chi connectivity index (χ0) is 14.0. The topological polar surface area (TPSA) is 67.5 Å². The highest BCUT2D eigenvalue weighted by molar-refractivity contribution is 9.10. The summed E-state index contributed by atoms with van der Waals surface area (Å²) < 4.78 is 7.61. The summed E-state index contributed by atoms with van der Waals surface area (Å²) in [6.45, 7) is -0.387. The molecule has 0 saturated carbocycles. The number of nitrogens with zero attached hydrogens (tertiary/aromatic N) is 2. The Balaban J connectivity index is 2.33. The highest BCUT2D eigenvalue weighted by Gasteiger charge is 2.15. The first kappa shape index (κ1) is 15.0. The molecule has 0 aliphatic rings. The monoisotopic (exact) mass is 368 g/mol. The van der Waals surface area contributed by atoms with E-state index < -0.39 is 6.10 Å². The fourth-order valence-corrected chi connectivity index (χ4v) is 2.40. The van der Waals surface area contributed by atoms with Gasteiger partial charge in [0.2, 0.25) is 0 Å². The molecule has 0 aliphatic heterocycles. The van der Waals surface area contributed by atoms with Crippen molar-refractivity contribution in [3.63, 3.8) is 0 Å². The number of rotatable bonds is 5. The van der Waals surface area contributed by atoms with Gasteiger partial charge in [0, 0.05) is 0 Å². The van der Waals surface area contributed by atoms with Crippen molar-refractivity contribution in [3.05, 3.63) is 26.9 Å². The molecular weight excluding hydrogens is 359 g/mol. The Labute approximate surface area is 127 Å². The van der Waals surface area contributed by atoms with Crippen molar-refractivity contribution in [3.8, 4) is 0 Å². The molecule has 5 nitrogen and oxygen atoms in total. The molecule has 0 unspecified atom stereocenters. The quantitative estimate of drug-likeness (QED) is 0.849. The Morgan fingerprint density at radius 1 is 1.32 bits per heavy atom. The lowest BCUT2D eigenvalue weighted by Crippen LogP contribution is -2.23. The smallest absolute Gasteiger partial charge is 0.180 e. The maximum atomic E-state index is 8.96. The number of aromatic nitrogens is 2. The van der Waals surface area contributed by atoms with E-state index in [9.17, 15) is 0 Å². The van der Waals surface area contributed by atoms with E-state index in [-0.39, 0.29) is 19.9 Å². The number of imidazole rings is 1. The minimum absolute atomic E-state index is 0.126. The van der Waals surface area contributed by atoms with E-state index >= 15 is 0 Å². The lowest BCUT2D eigenvalue weighted by atomic mass is 10.3. The van der Waals surface area contributed by atoms with Crippen LogP contribution in [0.1, 0.15) is 0 Å². The molecule has 8 heteroatoms. The summed E-state index contributed by atoms with van der Waals surface area (Å²) in [7, 11) is 0. The van der Waals surface area contributed by atoms with E-state index in [0.29, 0.717) is 20.3 Å². The average Bonchev–Trinajstić information content (AvgIpc) is 2.73. The van der Waals surface area contributed by atoms with E-state index in [4.69, 9.17) is 38.2 Å². The molecule has 0 spiro atoms. The fraction of sp³-hybridized carbons (Fsp3) is 0.364. The summed E-state index contributed by atoms with van der Waals surface area (Å²) in [4.78, 5) is 4.26. The van der Waals surface area contributed by atoms with Crippen LogP contribution < -0.4 is 0 Å². The number of hydrogen-bond acceptors (Lipinski definition) is 4. The average molecular weight is 370 g/mol. The van der Waals surface area contributed by atoms with Gasteiger partial charge in [-0.1, -0.05) is 23.2 Å². The van der Waals surface area contributed by atoms with Gasteiger partial charge in [0.15, 0.2) is 4.73 Å². The van der Waals surface area contributed by atoms with Crippen LogP contribution in [0.25, 0.3) is 11.0 Å². The van der Waals surface area contributed by atoms with Crippen LogP contribution in [-0.2, 0) is 11.5 Å². The van der Waals surface area contributed by atoms with Gasteiger partial charge < -0.3 is 14.9 Å². The Hall–Kier alpha value is -0.370. The van der Waals surface area contributed by atoms with Crippen LogP contribution in [0.3, 0.4) is 0 Å². The number of halogens is 3. The molecule has 0 aliphatic carbocycles. The number of ether oxygens (including phenoxy) is 1. The zero-order valence-electron chi connectivity index (χ0n) is 9.68. The Morgan fingerprint density at radius 2 is 2.00 bits per heavy atom. The van der Waals surface area contributed by atoms with E-state index in [1.807, 2.05) is 0 Å². The first-order valence-electron chi connectivity index (χ1n) is 5.41. The largest absolute Gasteiger partial charge is 0.394 e. The first-order valence-corrected chi connectivity index (χ1v) is 6.96. The van der Waals surface area contributed by atoms with Gasteiger partial charge in [-0.3, -0.25) is 4.57 Å². The number of aliphatic hydroxyl groups is 2. The molecule has 0 fully saturated rings. The number of aliphatic hydroxyl groups excluding tert-OH is 2. The molecule has 2 rings (SSSR count). The summed E-state index contributed by atoms with van der Waals surface area (Å²) in [5.41, 5.74) is 1.31. The van der Waals surface area contributed by atoms with Crippen molar-refractivity contribution < 1.29 is 14.9 Å². The second-order valence-corrected chi connectivity index (χ2v) is 5.32. The highest BCUT2D eigenvalue weighted by Crippen LogP contribution is 2.32. The fourth-order valence-electron chi connectivity index (χ4n) is 1.57. The van der Waals surface area contributed by atoms with Crippen LogP contribution in [0.5, 0.6) is 0 Å². The summed E-state index contributed by atoms with van der Waals surface area (Å²) in [5.74, 6) is 0. The third-order valence-electron chi connectivity index (χ3n) is 2.61. The Bertz CT molecular complexity index is 587. The number of benzene rings is 1. The van der Waals surface area contributed by atoms with Crippen LogP contribution in [0.4, 0.5) is 0 Å². The molecule has 104 valence electrons. The lowest BCUT2D eigenvalue weighted by Gasteiger charge is -2.14. The van der Waals surface area contributed by atoms with Crippen molar-refractivity contribution >= 4 is 50.2 Å². The predicted octanol–water partition coefficient (Wildman–Crippen LogP) is 2.43. The van der Waals surface area contributed by atoms with Gasteiger partial charge in [-0.05, 0) is 28.1 Å². The molecule has 0 atom stereocenters. The van der Waals surface area contributed by atoms with Crippen molar-refractivity contribution in [2.75, 3.05) is 13.2 Å². The van der Waals surface area contributed by atoms with Crippen LogP contribution >= 0.6 is 39.1 Å². The van der Waals surface area contributed by atoms with Crippen molar-refractivity contribution in [2.45, 2.75) is 12.8 Å². The second kappa shape index (κ2) is 6.39. The maximum Gasteiger partial charge on any atom is 0.180 e. The molecular formula is C11H11BrCl2N2O3. The van der Waals surface area contributed by atoms with Gasteiger partial charge in [0.1, 0.15) is 18.4 Å². The molecule has 0 amide bonds. The molecule has 1 aromatic carbocycles. The summed E-state index contributed by atoms with van der Waals surface area (Å²) in [6, 6.07) is 3.45.